The Hall–Kier alpha value is -4.13. The third-order valence-corrected chi connectivity index (χ3v) is 4.44. The summed E-state index contributed by atoms with van der Waals surface area (Å²) < 4.78 is 18.4. The van der Waals surface area contributed by atoms with E-state index in [4.69, 9.17) is 4.74 Å². The molecule has 0 aliphatic carbocycles. The van der Waals surface area contributed by atoms with E-state index in [2.05, 4.69) is 20.3 Å². The SMILES string of the molecule is COc1ccc(NC(=O)c2cnc(-c3ccc(F)cc3)nc2-c2ccncc2)cc1. The molecule has 30 heavy (non-hydrogen) atoms. The Kier molecular flexibility index (Phi) is 5.43. The van der Waals surface area contributed by atoms with Crippen LogP contribution in [0.25, 0.3) is 22.6 Å². The molecule has 0 unspecified atom stereocenters. The van der Waals surface area contributed by atoms with Crippen LogP contribution in [-0.4, -0.2) is 28.0 Å². The lowest BCUT2D eigenvalue weighted by Crippen LogP contribution is -2.15. The molecule has 0 saturated heterocycles. The highest BCUT2D eigenvalue weighted by Crippen LogP contribution is 2.25. The van der Waals surface area contributed by atoms with Crippen LogP contribution < -0.4 is 10.1 Å². The first-order valence-electron chi connectivity index (χ1n) is 9.13. The summed E-state index contributed by atoms with van der Waals surface area (Å²) in [7, 11) is 1.58. The second-order valence-corrected chi connectivity index (χ2v) is 6.38. The van der Waals surface area contributed by atoms with E-state index >= 15 is 0 Å². The lowest BCUT2D eigenvalue weighted by atomic mass is 10.1. The predicted octanol–water partition coefficient (Wildman–Crippen LogP) is 4.61. The number of carbonyl (C=O) groups is 1. The van der Waals surface area contributed by atoms with E-state index in [0.717, 1.165) is 5.56 Å². The predicted molar refractivity (Wildman–Crippen MR) is 112 cm³/mol. The number of carbonyl (C=O) groups excluding carboxylic acids is 1. The van der Waals surface area contributed by atoms with E-state index in [9.17, 15) is 9.18 Å². The Morgan fingerprint density at radius 2 is 1.63 bits per heavy atom. The van der Waals surface area contributed by atoms with Crippen molar-refractivity contribution in [3.8, 4) is 28.4 Å². The average molecular weight is 400 g/mol. The Bertz CT molecular complexity index is 1160. The molecule has 7 heteroatoms. The lowest BCUT2D eigenvalue weighted by Gasteiger charge is -2.11. The number of pyridine rings is 1. The summed E-state index contributed by atoms with van der Waals surface area (Å²) >= 11 is 0. The second kappa shape index (κ2) is 8.48. The van der Waals surface area contributed by atoms with Crippen LogP contribution >= 0.6 is 0 Å². The van der Waals surface area contributed by atoms with Gasteiger partial charge in [-0.25, -0.2) is 14.4 Å². The maximum absolute atomic E-state index is 13.3. The van der Waals surface area contributed by atoms with Crippen molar-refractivity contribution in [1.82, 2.24) is 15.0 Å². The molecule has 0 aliphatic rings. The van der Waals surface area contributed by atoms with Gasteiger partial charge in [0.1, 0.15) is 11.6 Å². The van der Waals surface area contributed by atoms with Gasteiger partial charge in [0.05, 0.1) is 18.4 Å². The van der Waals surface area contributed by atoms with Gasteiger partial charge in [-0.1, -0.05) is 0 Å². The molecule has 1 N–H and O–H groups in total. The summed E-state index contributed by atoms with van der Waals surface area (Å²) in [5.41, 5.74) is 2.74. The quantitative estimate of drug-likeness (QED) is 0.530. The number of rotatable bonds is 5. The second-order valence-electron chi connectivity index (χ2n) is 6.38. The fourth-order valence-electron chi connectivity index (χ4n) is 2.89. The van der Waals surface area contributed by atoms with Crippen LogP contribution in [0.3, 0.4) is 0 Å². The highest BCUT2D eigenvalue weighted by molar-refractivity contribution is 6.08. The molecule has 0 fully saturated rings. The Morgan fingerprint density at radius 3 is 2.30 bits per heavy atom. The number of hydrogen-bond donors (Lipinski definition) is 1. The minimum atomic E-state index is -0.349. The maximum Gasteiger partial charge on any atom is 0.259 e. The minimum absolute atomic E-state index is 0.308. The summed E-state index contributed by atoms with van der Waals surface area (Å²) in [5.74, 6) is 0.390. The van der Waals surface area contributed by atoms with Gasteiger partial charge in [0, 0.05) is 35.4 Å². The number of benzene rings is 2. The molecule has 2 heterocycles. The van der Waals surface area contributed by atoms with Crippen molar-refractivity contribution in [1.29, 1.82) is 0 Å². The monoisotopic (exact) mass is 400 g/mol. The van der Waals surface area contributed by atoms with E-state index in [-0.39, 0.29) is 11.7 Å². The number of methoxy groups -OCH3 is 1. The zero-order valence-corrected chi connectivity index (χ0v) is 16.0. The molecule has 2 aromatic heterocycles. The molecular formula is C23H17FN4O2. The van der Waals surface area contributed by atoms with E-state index in [1.807, 2.05) is 0 Å². The molecule has 4 rings (SSSR count). The number of ether oxygens (including phenoxy) is 1. The van der Waals surface area contributed by atoms with Crippen LogP contribution in [0.15, 0.2) is 79.3 Å². The van der Waals surface area contributed by atoms with Crippen molar-refractivity contribution < 1.29 is 13.9 Å². The van der Waals surface area contributed by atoms with Gasteiger partial charge in [-0.3, -0.25) is 9.78 Å². The molecule has 0 radical (unpaired) electrons. The first kappa shape index (κ1) is 19.2. The van der Waals surface area contributed by atoms with Crippen molar-refractivity contribution >= 4 is 11.6 Å². The van der Waals surface area contributed by atoms with E-state index < -0.39 is 0 Å². The van der Waals surface area contributed by atoms with Gasteiger partial charge in [-0.2, -0.15) is 0 Å². The van der Waals surface area contributed by atoms with Crippen LogP contribution in [0.4, 0.5) is 10.1 Å². The minimum Gasteiger partial charge on any atom is -0.497 e. The van der Waals surface area contributed by atoms with Crippen LogP contribution in [-0.2, 0) is 0 Å². The van der Waals surface area contributed by atoms with Crippen molar-refractivity contribution in [3.05, 3.63) is 90.6 Å². The highest BCUT2D eigenvalue weighted by Gasteiger charge is 2.17. The molecule has 4 aromatic rings. The third-order valence-electron chi connectivity index (χ3n) is 4.44. The zero-order valence-electron chi connectivity index (χ0n) is 16.0. The van der Waals surface area contributed by atoms with E-state index in [1.54, 1.807) is 68.0 Å². The molecule has 0 bridgehead atoms. The fourth-order valence-corrected chi connectivity index (χ4v) is 2.89. The van der Waals surface area contributed by atoms with Gasteiger partial charge in [0.25, 0.3) is 5.91 Å². The Labute approximate surface area is 172 Å². The maximum atomic E-state index is 13.3. The smallest absolute Gasteiger partial charge is 0.259 e. The van der Waals surface area contributed by atoms with E-state index in [0.29, 0.717) is 34.1 Å². The third kappa shape index (κ3) is 4.15. The molecule has 0 spiro atoms. The molecule has 1 amide bonds. The number of nitrogens with zero attached hydrogens (tertiary/aromatic N) is 3. The summed E-state index contributed by atoms with van der Waals surface area (Å²) in [6.45, 7) is 0. The van der Waals surface area contributed by atoms with Gasteiger partial charge in [-0.05, 0) is 60.7 Å². The van der Waals surface area contributed by atoms with Crippen LogP contribution in [0, 0.1) is 5.82 Å². The number of halogens is 1. The number of nitrogens with one attached hydrogen (secondary N) is 1. The zero-order chi connectivity index (χ0) is 20.9. The average Bonchev–Trinajstić information content (AvgIpc) is 2.80. The topological polar surface area (TPSA) is 77.0 Å². The Morgan fingerprint density at radius 1 is 0.933 bits per heavy atom. The van der Waals surface area contributed by atoms with Gasteiger partial charge < -0.3 is 10.1 Å². The number of aromatic nitrogens is 3. The first-order chi connectivity index (χ1) is 14.6. The van der Waals surface area contributed by atoms with Crippen molar-refractivity contribution in [2.45, 2.75) is 0 Å². The van der Waals surface area contributed by atoms with Gasteiger partial charge >= 0.3 is 0 Å². The summed E-state index contributed by atoms with van der Waals surface area (Å²) in [4.78, 5) is 25.9. The van der Waals surface area contributed by atoms with Crippen molar-refractivity contribution in [3.63, 3.8) is 0 Å². The highest BCUT2D eigenvalue weighted by atomic mass is 19.1. The van der Waals surface area contributed by atoms with Crippen LogP contribution in [0.5, 0.6) is 5.75 Å². The largest absolute Gasteiger partial charge is 0.497 e. The number of anilines is 1. The van der Waals surface area contributed by atoms with Gasteiger partial charge in [-0.15, -0.1) is 0 Å². The summed E-state index contributed by atoms with van der Waals surface area (Å²) in [5, 5.41) is 2.85. The molecule has 6 nitrogen and oxygen atoms in total. The van der Waals surface area contributed by atoms with Crippen LogP contribution in [0.1, 0.15) is 10.4 Å². The normalized spacial score (nSPS) is 10.5. The number of amides is 1. The first-order valence-corrected chi connectivity index (χ1v) is 9.13. The summed E-state index contributed by atoms with van der Waals surface area (Å²) in [6.07, 6.45) is 4.72. The van der Waals surface area contributed by atoms with Crippen molar-refractivity contribution in [2.24, 2.45) is 0 Å². The Balaban J connectivity index is 1.72. The number of hydrogen-bond acceptors (Lipinski definition) is 5. The summed E-state index contributed by atoms with van der Waals surface area (Å²) in [6, 6.07) is 16.4. The van der Waals surface area contributed by atoms with Gasteiger partial charge in [0.15, 0.2) is 5.82 Å². The molecular weight excluding hydrogens is 383 g/mol. The van der Waals surface area contributed by atoms with E-state index in [1.165, 1.54) is 18.3 Å². The standard InChI is InChI=1S/C23H17FN4O2/c1-30-19-8-6-18(7-9-19)27-23(29)20-14-26-22(16-2-4-17(24)5-3-16)28-21(20)15-10-12-25-13-11-15/h2-14H,1H3,(H,27,29). The van der Waals surface area contributed by atoms with Crippen LogP contribution in [0.2, 0.25) is 0 Å². The lowest BCUT2D eigenvalue weighted by molar-refractivity contribution is 0.102. The molecule has 148 valence electrons. The molecule has 2 aromatic carbocycles. The molecule has 0 aliphatic heterocycles. The fraction of sp³-hybridized carbons (Fsp3) is 0.0435. The molecule has 0 saturated carbocycles. The van der Waals surface area contributed by atoms with Crippen molar-refractivity contribution in [2.75, 3.05) is 12.4 Å². The molecule has 0 atom stereocenters. The van der Waals surface area contributed by atoms with Gasteiger partial charge in [0.2, 0.25) is 0 Å².